The predicted octanol–water partition coefficient (Wildman–Crippen LogP) is 3.77. The third kappa shape index (κ3) is 3.70. The summed E-state index contributed by atoms with van der Waals surface area (Å²) in [5, 5.41) is 4.17. The van der Waals surface area contributed by atoms with Gasteiger partial charge in [-0.1, -0.05) is 22.9 Å². The van der Waals surface area contributed by atoms with Crippen LogP contribution in [0.15, 0.2) is 29.0 Å². The number of benzene rings is 1. The van der Waals surface area contributed by atoms with Crippen LogP contribution >= 0.6 is 27.5 Å². The van der Waals surface area contributed by atoms with Crippen molar-refractivity contribution in [2.45, 2.75) is 32.4 Å². The van der Waals surface area contributed by atoms with Crippen LogP contribution in [-0.4, -0.2) is 14.8 Å². The molecule has 0 amide bonds. The average molecular weight is 345 g/mol. The third-order valence-corrected chi connectivity index (χ3v) is 3.44. The van der Waals surface area contributed by atoms with Crippen LogP contribution in [0.2, 0.25) is 0 Å². The van der Waals surface area contributed by atoms with E-state index in [0.29, 0.717) is 12.5 Å². The van der Waals surface area contributed by atoms with Crippen molar-refractivity contribution in [3.8, 4) is 5.75 Å². The van der Waals surface area contributed by atoms with E-state index >= 15 is 0 Å². The van der Waals surface area contributed by atoms with Crippen molar-refractivity contribution in [2.75, 3.05) is 0 Å². The molecule has 0 radical (unpaired) electrons. The maximum absolute atomic E-state index is 5.91. The predicted molar refractivity (Wildman–Crippen MR) is 78.3 cm³/mol. The number of aryl methyl sites for hydroxylation is 1. The minimum absolute atomic E-state index is 0.394. The summed E-state index contributed by atoms with van der Waals surface area (Å²) >= 11 is 9.33. The van der Waals surface area contributed by atoms with Gasteiger partial charge in [0.15, 0.2) is 5.82 Å². The molecule has 0 unspecified atom stereocenters. The monoisotopic (exact) mass is 343 g/mol. The van der Waals surface area contributed by atoms with Crippen molar-refractivity contribution >= 4 is 27.5 Å². The fraction of sp³-hybridized carbons (Fsp3) is 0.385. The van der Waals surface area contributed by atoms with Crippen LogP contribution in [0.3, 0.4) is 0 Å². The molecule has 0 spiro atoms. The first-order valence-electron chi connectivity index (χ1n) is 6.08. The van der Waals surface area contributed by atoms with Gasteiger partial charge in [-0.15, -0.1) is 11.6 Å². The van der Waals surface area contributed by atoms with Gasteiger partial charge in [-0.2, -0.15) is 5.10 Å². The summed E-state index contributed by atoms with van der Waals surface area (Å²) in [4.78, 5) is 4.21. The molecule has 2 rings (SSSR count). The van der Waals surface area contributed by atoms with Crippen LogP contribution < -0.4 is 4.74 Å². The zero-order valence-corrected chi connectivity index (χ0v) is 13.0. The summed E-state index contributed by atoms with van der Waals surface area (Å²) in [6, 6.07) is 5.80. The lowest BCUT2D eigenvalue weighted by atomic mass is 10.2. The highest BCUT2D eigenvalue weighted by atomic mass is 79.9. The summed E-state index contributed by atoms with van der Waals surface area (Å²) in [5.41, 5.74) is 0.956. The molecule has 0 aliphatic rings. The Kier molecular flexibility index (Phi) is 5.22. The second-order valence-corrected chi connectivity index (χ2v) is 5.26. The van der Waals surface area contributed by atoms with E-state index in [-0.39, 0.29) is 0 Å². The Bertz CT molecular complexity index is 544. The summed E-state index contributed by atoms with van der Waals surface area (Å²) in [6.45, 7) is 3.35. The van der Waals surface area contributed by atoms with E-state index in [1.54, 1.807) is 6.33 Å². The maximum Gasteiger partial charge on any atom is 0.164 e. The van der Waals surface area contributed by atoms with Crippen LogP contribution in [0.1, 0.15) is 24.7 Å². The standard InChI is InChI=1S/C13H15BrClN3O/c1-2-5-18-13(16-9-17-18)8-19-12-4-3-11(14)6-10(12)7-15/h3-4,6,9H,2,5,7-8H2,1H3. The number of rotatable bonds is 6. The molecular weight excluding hydrogens is 330 g/mol. The second kappa shape index (κ2) is 6.91. The van der Waals surface area contributed by atoms with E-state index in [1.807, 2.05) is 22.9 Å². The number of aromatic nitrogens is 3. The van der Waals surface area contributed by atoms with Gasteiger partial charge >= 0.3 is 0 Å². The van der Waals surface area contributed by atoms with Gasteiger partial charge < -0.3 is 4.74 Å². The fourth-order valence-corrected chi connectivity index (χ4v) is 2.35. The minimum atomic E-state index is 0.394. The number of alkyl halides is 1. The molecule has 0 aliphatic heterocycles. The average Bonchev–Trinajstić information content (AvgIpc) is 2.85. The molecular formula is C13H15BrClN3O. The molecule has 0 saturated heterocycles. The first-order chi connectivity index (χ1) is 9.24. The van der Waals surface area contributed by atoms with E-state index in [0.717, 1.165) is 34.6 Å². The Hall–Kier alpha value is -1.07. The SMILES string of the molecule is CCCn1ncnc1COc1ccc(Br)cc1CCl. The first-order valence-corrected chi connectivity index (χ1v) is 7.41. The zero-order chi connectivity index (χ0) is 13.7. The van der Waals surface area contributed by atoms with Crippen LogP contribution in [0, 0.1) is 0 Å². The molecule has 0 atom stereocenters. The molecule has 1 aromatic carbocycles. The number of halogens is 2. The highest BCUT2D eigenvalue weighted by molar-refractivity contribution is 9.10. The molecule has 19 heavy (non-hydrogen) atoms. The molecule has 0 bridgehead atoms. The second-order valence-electron chi connectivity index (χ2n) is 4.07. The molecule has 0 fully saturated rings. The third-order valence-electron chi connectivity index (χ3n) is 2.65. The van der Waals surface area contributed by atoms with E-state index in [1.165, 1.54) is 0 Å². The first kappa shape index (κ1) is 14.3. The van der Waals surface area contributed by atoms with E-state index in [2.05, 4.69) is 32.9 Å². The summed E-state index contributed by atoms with van der Waals surface area (Å²) in [6.07, 6.45) is 2.57. The Morgan fingerprint density at radius 2 is 2.26 bits per heavy atom. The highest BCUT2D eigenvalue weighted by Gasteiger charge is 2.07. The Morgan fingerprint density at radius 3 is 3.00 bits per heavy atom. The van der Waals surface area contributed by atoms with Crippen molar-refractivity contribution in [1.82, 2.24) is 14.8 Å². The van der Waals surface area contributed by atoms with Crippen molar-refractivity contribution in [3.05, 3.63) is 40.4 Å². The van der Waals surface area contributed by atoms with Crippen LogP contribution in [0.5, 0.6) is 5.75 Å². The maximum atomic E-state index is 5.91. The number of ether oxygens (including phenoxy) is 1. The molecule has 102 valence electrons. The molecule has 0 saturated carbocycles. The van der Waals surface area contributed by atoms with Gasteiger partial charge in [-0.3, -0.25) is 0 Å². The molecule has 0 aliphatic carbocycles. The van der Waals surface area contributed by atoms with Gasteiger partial charge in [0.05, 0.1) is 5.88 Å². The van der Waals surface area contributed by atoms with Gasteiger partial charge in [0.25, 0.3) is 0 Å². The quantitative estimate of drug-likeness (QED) is 0.749. The molecule has 6 heteroatoms. The van der Waals surface area contributed by atoms with Crippen LogP contribution in [0.4, 0.5) is 0 Å². The largest absolute Gasteiger partial charge is 0.485 e. The number of hydrogen-bond donors (Lipinski definition) is 0. The zero-order valence-electron chi connectivity index (χ0n) is 10.6. The van der Waals surface area contributed by atoms with Crippen molar-refractivity contribution in [1.29, 1.82) is 0 Å². The fourth-order valence-electron chi connectivity index (χ4n) is 1.73. The lowest BCUT2D eigenvalue weighted by Gasteiger charge is -2.10. The lowest BCUT2D eigenvalue weighted by Crippen LogP contribution is -2.09. The lowest BCUT2D eigenvalue weighted by molar-refractivity contribution is 0.284. The van der Waals surface area contributed by atoms with E-state index < -0.39 is 0 Å². The van der Waals surface area contributed by atoms with Gasteiger partial charge in [-0.05, 0) is 24.6 Å². The van der Waals surface area contributed by atoms with E-state index in [9.17, 15) is 0 Å². The van der Waals surface area contributed by atoms with Crippen molar-refractivity contribution in [2.24, 2.45) is 0 Å². The van der Waals surface area contributed by atoms with Crippen LogP contribution in [-0.2, 0) is 19.0 Å². The summed E-state index contributed by atoms with van der Waals surface area (Å²) < 4.78 is 8.64. The molecule has 1 aromatic heterocycles. The minimum Gasteiger partial charge on any atom is -0.485 e. The summed E-state index contributed by atoms with van der Waals surface area (Å²) in [7, 11) is 0. The summed E-state index contributed by atoms with van der Waals surface area (Å²) in [5.74, 6) is 2.02. The molecule has 2 aromatic rings. The Balaban J connectivity index is 2.07. The van der Waals surface area contributed by atoms with Crippen LogP contribution in [0.25, 0.3) is 0 Å². The van der Waals surface area contributed by atoms with Gasteiger partial charge in [0, 0.05) is 16.6 Å². The van der Waals surface area contributed by atoms with Crippen molar-refractivity contribution in [3.63, 3.8) is 0 Å². The highest BCUT2D eigenvalue weighted by Crippen LogP contribution is 2.25. The van der Waals surface area contributed by atoms with E-state index in [4.69, 9.17) is 16.3 Å². The topological polar surface area (TPSA) is 39.9 Å². The van der Waals surface area contributed by atoms with Gasteiger partial charge in [-0.25, -0.2) is 9.67 Å². The molecule has 0 N–H and O–H groups in total. The molecule has 4 nitrogen and oxygen atoms in total. The Labute approximate surface area is 125 Å². The number of nitrogens with zero attached hydrogens (tertiary/aromatic N) is 3. The smallest absolute Gasteiger partial charge is 0.164 e. The van der Waals surface area contributed by atoms with Crippen molar-refractivity contribution < 1.29 is 4.74 Å². The molecule has 1 heterocycles. The Morgan fingerprint density at radius 1 is 1.42 bits per heavy atom. The normalized spacial score (nSPS) is 10.7. The van der Waals surface area contributed by atoms with Gasteiger partial charge in [0.1, 0.15) is 18.7 Å². The van der Waals surface area contributed by atoms with Gasteiger partial charge in [0.2, 0.25) is 0 Å². The number of hydrogen-bond acceptors (Lipinski definition) is 3.